The Morgan fingerprint density at radius 2 is 1.93 bits per heavy atom. The molecule has 0 radical (unpaired) electrons. The van der Waals surface area contributed by atoms with Crippen LogP contribution in [0.15, 0.2) is 46.6 Å². The number of nitrogens with zero attached hydrogens (tertiary/aromatic N) is 4. The molecule has 0 saturated heterocycles. The van der Waals surface area contributed by atoms with Crippen molar-refractivity contribution < 1.29 is 9.18 Å². The predicted octanol–water partition coefficient (Wildman–Crippen LogP) is 2.23. The third-order valence-corrected chi connectivity index (χ3v) is 5.77. The van der Waals surface area contributed by atoms with Crippen molar-refractivity contribution in [1.29, 1.82) is 0 Å². The maximum atomic E-state index is 13.0. The molecule has 1 saturated carbocycles. The van der Waals surface area contributed by atoms with Gasteiger partial charge in [0.1, 0.15) is 5.82 Å². The molecule has 1 amide bonds. The molecule has 28 heavy (non-hydrogen) atoms. The zero-order valence-electron chi connectivity index (χ0n) is 15.2. The van der Waals surface area contributed by atoms with E-state index in [-0.39, 0.29) is 34.7 Å². The molecule has 9 heteroatoms. The van der Waals surface area contributed by atoms with E-state index < -0.39 is 0 Å². The first kappa shape index (κ1) is 18.7. The molecule has 0 atom stereocenters. The molecule has 1 aliphatic carbocycles. The fraction of sp³-hybridized carbons (Fsp3) is 0.368. The first-order chi connectivity index (χ1) is 13.6. The molecule has 0 aliphatic heterocycles. The molecule has 1 fully saturated rings. The zero-order chi connectivity index (χ0) is 19.5. The van der Waals surface area contributed by atoms with Gasteiger partial charge in [-0.3, -0.25) is 14.0 Å². The third-order valence-electron chi connectivity index (χ3n) is 4.83. The Kier molecular flexibility index (Phi) is 5.43. The summed E-state index contributed by atoms with van der Waals surface area (Å²) in [6.45, 7) is 0.314. The Balaban J connectivity index is 1.46. The third kappa shape index (κ3) is 4.09. The minimum atomic E-state index is -0.317. The first-order valence-corrected chi connectivity index (χ1v) is 10.2. The minimum absolute atomic E-state index is 0.0294. The second-order valence-corrected chi connectivity index (χ2v) is 7.81. The lowest BCUT2D eigenvalue weighted by Gasteiger charge is -2.11. The van der Waals surface area contributed by atoms with Crippen LogP contribution in [0.5, 0.6) is 0 Å². The van der Waals surface area contributed by atoms with E-state index in [4.69, 9.17) is 0 Å². The fourth-order valence-corrected chi connectivity index (χ4v) is 4.11. The van der Waals surface area contributed by atoms with Crippen molar-refractivity contribution in [3.63, 3.8) is 0 Å². The van der Waals surface area contributed by atoms with E-state index in [1.165, 1.54) is 28.5 Å². The summed E-state index contributed by atoms with van der Waals surface area (Å²) in [5, 5.41) is 11.6. The number of nitrogens with one attached hydrogen (secondary N) is 1. The van der Waals surface area contributed by atoms with Crippen LogP contribution in [0.25, 0.3) is 5.65 Å². The Morgan fingerprint density at radius 3 is 2.68 bits per heavy atom. The average Bonchev–Trinajstić information content (AvgIpc) is 3.34. The summed E-state index contributed by atoms with van der Waals surface area (Å²) >= 11 is 1.26. The Hall–Kier alpha value is -2.68. The highest BCUT2D eigenvalue weighted by Crippen LogP contribution is 2.19. The van der Waals surface area contributed by atoms with Crippen LogP contribution < -0.4 is 10.9 Å². The quantitative estimate of drug-likeness (QED) is 0.641. The Bertz CT molecular complexity index is 1040. The number of hydrogen-bond donors (Lipinski definition) is 1. The number of benzene rings is 1. The highest BCUT2D eigenvalue weighted by molar-refractivity contribution is 7.99. The number of amides is 1. The minimum Gasteiger partial charge on any atom is -0.353 e. The van der Waals surface area contributed by atoms with Crippen LogP contribution in [0.2, 0.25) is 0 Å². The van der Waals surface area contributed by atoms with Crippen molar-refractivity contribution in [1.82, 2.24) is 24.5 Å². The van der Waals surface area contributed by atoms with Gasteiger partial charge < -0.3 is 9.88 Å². The van der Waals surface area contributed by atoms with E-state index in [9.17, 15) is 14.0 Å². The van der Waals surface area contributed by atoms with Gasteiger partial charge in [0.2, 0.25) is 11.6 Å². The average molecular weight is 401 g/mol. The van der Waals surface area contributed by atoms with Crippen LogP contribution in [-0.2, 0) is 11.3 Å². The van der Waals surface area contributed by atoms with Crippen LogP contribution >= 0.6 is 11.8 Å². The number of carbonyl (C=O) groups excluding carboxylic acids is 1. The topological polar surface area (TPSA) is 81.3 Å². The molecule has 7 nitrogen and oxygen atoms in total. The molecule has 0 unspecified atom stereocenters. The van der Waals surface area contributed by atoms with Crippen LogP contribution in [0, 0.1) is 5.82 Å². The van der Waals surface area contributed by atoms with Crippen molar-refractivity contribution in [3.8, 4) is 0 Å². The van der Waals surface area contributed by atoms with Gasteiger partial charge in [-0.1, -0.05) is 36.7 Å². The smallest absolute Gasteiger partial charge is 0.296 e. The van der Waals surface area contributed by atoms with E-state index >= 15 is 0 Å². The van der Waals surface area contributed by atoms with Gasteiger partial charge in [0.05, 0.1) is 12.3 Å². The highest BCUT2D eigenvalue weighted by atomic mass is 32.2. The summed E-state index contributed by atoms with van der Waals surface area (Å²) in [4.78, 5) is 24.8. The molecule has 1 aromatic carbocycles. The van der Waals surface area contributed by atoms with Crippen LogP contribution in [-0.4, -0.2) is 36.9 Å². The van der Waals surface area contributed by atoms with Gasteiger partial charge in [-0.2, -0.15) is 0 Å². The molecule has 3 aromatic rings. The summed E-state index contributed by atoms with van der Waals surface area (Å²) in [7, 11) is 0. The summed E-state index contributed by atoms with van der Waals surface area (Å²) in [6, 6.07) is 6.28. The molecule has 0 bridgehead atoms. The Morgan fingerprint density at radius 1 is 1.18 bits per heavy atom. The van der Waals surface area contributed by atoms with Crippen LogP contribution in [0.4, 0.5) is 4.39 Å². The number of hydrogen-bond acceptors (Lipinski definition) is 5. The van der Waals surface area contributed by atoms with E-state index in [1.54, 1.807) is 28.9 Å². The van der Waals surface area contributed by atoms with E-state index in [1.807, 2.05) is 0 Å². The monoisotopic (exact) mass is 401 g/mol. The normalized spacial score (nSPS) is 14.6. The van der Waals surface area contributed by atoms with Gasteiger partial charge in [-0.15, -0.1) is 10.2 Å². The summed E-state index contributed by atoms with van der Waals surface area (Å²) < 4.78 is 16.1. The number of halogens is 1. The standard InChI is InChI=1S/C19H20FN5O2S/c20-14-7-5-13(6-8-14)11-24-9-10-25-17(18(24)27)22-23-19(25)28-12-16(26)21-15-3-1-2-4-15/h5-10,15H,1-4,11-12H2,(H,21,26). The molecule has 146 valence electrons. The van der Waals surface area contributed by atoms with Crippen molar-refractivity contribution in [2.45, 2.75) is 43.4 Å². The summed E-state index contributed by atoms with van der Waals surface area (Å²) in [6.07, 6.45) is 7.76. The summed E-state index contributed by atoms with van der Waals surface area (Å²) in [5.74, 6) is -0.114. The maximum absolute atomic E-state index is 13.0. The molecule has 2 heterocycles. The van der Waals surface area contributed by atoms with Crippen LogP contribution in [0.1, 0.15) is 31.2 Å². The first-order valence-electron chi connectivity index (χ1n) is 9.21. The molecule has 0 spiro atoms. The number of rotatable bonds is 6. The van der Waals surface area contributed by atoms with E-state index in [0.29, 0.717) is 11.7 Å². The van der Waals surface area contributed by atoms with Crippen LogP contribution in [0.3, 0.4) is 0 Å². The summed E-state index contributed by atoms with van der Waals surface area (Å²) in [5.41, 5.74) is 0.718. The second kappa shape index (κ2) is 8.14. The largest absolute Gasteiger partial charge is 0.353 e. The lowest BCUT2D eigenvalue weighted by atomic mass is 10.2. The molecule has 1 N–H and O–H groups in total. The second-order valence-electron chi connectivity index (χ2n) is 6.87. The van der Waals surface area contributed by atoms with Gasteiger partial charge in [0.15, 0.2) is 5.16 Å². The fourth-order valence-electron chi connectivity index (χ4n) is 3.38. The van der Waals surface area contributed by atoms with Crippen molar-refractivity contribution in [3.05, 3.63) is 58.4 Å². The molecule has 4 rings (SSSR count). The maximum Gasteiger partial charge on any atom is 0.296 e. The van der Waals surface area contributed by atoms with E-state index in [2.05, 4.69) is 15.5 Å². The number of fused-ring (bicyclic) bond motifs is 1. The number of carbonyl (C=O) groups is 1. The van der Waals surface area contributed by atoms with Crippen molar-refractivity contribution >= 4 is 23.3 Å². The zero-order valence-corrected chi connectivity index (χ0v) is 16.0. The molecular weight excluding hydrogens is 381 g/mol. The number of aromatic nitrogens is 4. The van der Waals surface area contributed by atoms with Gasteiger partial charge in [0.25, 0.3) is 5.56 Å². The number of thioether (sulfide) groups is 1. The van der Waals surface area contributed by atoms with Gasteiger partial charge in [-0.25, -0.2) is 4.39 Å². The molecular formula is C19H20FN5O2S. The molecule has 1 aliphatic rings. The predicted molar refractivity (Wildman–Crippen MR) is 104 cm³/mol. The molecule has 2 aromatic heterocycles. The van der Waals surface area contributed by atoms with Crippen molar-refractivity contribution in [2.75, 3.05) is 5.75 Å². The van der Waals surface area contributed by atoms with E-state index in [0.717, 1.165) is 31.2 Å². The Labute approximate surface area is 165 Å². The van der Waals surface area contributed by atoms with Crippen molar-refractivity contribution in [2.24, 2.45) is 0 Å². The van der Waals surface area contributed by atoms with Gasteiger partial charge in [0, 0.05) is 18.4 Å². The lowest BCUT2D eigenvalue weighted by molar-refractivity contribution is -0.119. The SMILES string of the molecule is O=C(CSc1nnc2c(=O)n(Cc3ccc(F)cc3)ccn12)NC1CCCC1. The van der Waals surface area contributed by atoms with Gasteiger partial charge >= 0.3 is 0 Å². The van der Waals surface area contributed by atoms with Gasteiger partial charge in [-0.05, 0) is 30.5 Å². The highest BCUT2D eigenvalue weighted by Gasteiger charge is 2.18. The lowest BCUT2D eigenvalue weighted by Crippen LogP contribution is -2.33.